The van der Waals surface area contributed by atoms with Gasteiger partial charge >= 0.3 is 0 Å². The monoisotopic (exact) mass is 219 g/mol. The summed E-state index contributed by atoms with van der Waals surface area (Å²) < 4.78 is 15.2. The number of aromatic nitrogens is 2. The molecule has 1 saturated heterocycles. The molecule has 1 aliphatic heterocycles. The molecule has 0 bridgehead atoms. The first-order valence-electron chi connectivity index (χ1n) is 5.61. The highest BCUT2D eigenvalue weighted by Gasteiger charge is 2.20. The van der Waals surface area contributed by atoms with Crippen LogP contribution in [0.4, 0.5) is 4.39 Å². The van der Waals surface area contributed by atoms with Crippen LogP contribution in [-0.4, -0.2) is 22.9 Å². The molecule has 0 saturated carbocycles. The molecule has 1 N–H and O–H groups in total. The molecule has 3 nitrogen and oxygen atoms in total. The fourth-order valence-corrected chi connectivity index (χ4v) is 2.39. The SMILES string of the molecule is Cc1nn(C2CCNC2)c2ccc(F)cc12. The number of nitrogens with one attached hydrogen (secondary N) is 1. The van der Waals surface area contributed by atoms with E-state index in [0.29, 0.717) is 6.04 Å². The molecule has 1 fully saturated rings. The number of halogens is 1. The van der Waals surface area contributed by atoms with E-state index >= 15 is 0 Å². The third-order valence-electron chi connectivity index (χ3n) is 3.23. The summed E-state index contributed by atoms with van der Waals surface area (Å²) in [5.41, 5.74) is 1.94. The van der Waals surface area contributed by atoms with E-state index in [9.17, 15) is 4.39 Å². The maximum absolute atomic E-state index is 13.2. The average molecular weight is 219 g/mol. The summed E-state index contributed by atoms with van der Waals surface area (Å²) in [6.45, 7) is 3.92. The van der Waals surface area contributed by atoms with E-state index in [-0.39, 0.29) is 5.82 Å². The summed E-state index contributed by atoms with van der Waals surface area (Å²) in [6, 6.07) is 5.30. The normalized spacial score (nSPS) is 20.8. The van der Waals surface area contributed by atoms with Crippen LogP contribution in [0.3, 0.4) is 0 Å². The highest BCUT2D eigenvalue weighted by Crippen LogP contribution is 2.24. The summed E-state index contributed by atoms with van der Waals surface area (Å²) in [5.74, 6) is -0.195. The van der Waals surface area contributed by atoms with Crippen molar-refractivity contribution in [1.82, 2.24) is 15.1 Å². The maximum atomic E-state index is 13.2. The molecular weight excluding hydrogens is 205 g/mol. The molecule has 1 aromatic carbocycles. The van der Waals surface area contributed by atoms with Crippen molar-refractivity contribution in [3.8, 4) is 0 Å². The Kier molecular flexibility index (Phi) is 2.17. The van der Waals surface area contributed by atoms with Gasteiger partial charge in [-0.3, -0.25) is 4.68 Å². The van der Waals surface area contributed by atoms with Crippen LogP contribution in [0.15, 0.2) is 18.2 Å². The molecule has 2 heterocycles. The minimum absolute atomic E-state index is 0.195. The highest BCUT2D eigenvalue weighted by molar-refractivity contribution is 5.81. The Hall–Kier alpha value is -1.42. The van der Waals surface area contributed by atoms with Gasteiger partial charge in [0.2, 0.25) is 0 Å². The zero-order valence-corrected chi connectivity index (χ0v) is 9.20. The third kappa shape index (κ3) is 1.41. The first-order chi connectivity index (χ1) is 7.75. The minimum Gasteiger partial charge on any atom is -0.315 e. The lowest BCUT2D eigenvalue weighted by Crippen LogP contribution is -2.14. The number of hydrogen-bond acceptors (Lipinski definition) is 2. The second kappa shape index (κ2) is 3.56. The van der Waals surface area contributed by atoms with Gasteiger partial charge < -0.3 is 5.32 Å². The Balaban J connectivity index is 2.18. The smallest absolute Gasteiger partial charge is 0.124 e. The molecule has 1 aliphatic rings. The van der Waals surface area contributed by atoms with E-state index in [4.69, 9.17) is 0 Å². The summed E-state index contributed by atoms with van der Waals surface area (Å²) in [5, 5.41) is 8.77. The molecule has 0 radical (unpaired) electrons. The number of rotatable bonds is 1. The van der Waals surface area contributed by atoms with Gasteiger partial charge in [-0.25, -0.2) is 4.39 Å². The standard InChI is InChI=1S/C12H14FN3/c1-8-11-6-9(13)2-3-12(11)16(15-8)10-4-5-14-7-10/h2-3,6,10,14H,4-5,7H2,1H3. The van der Waals surface area contributed by atoms with Crippen molar-refractivity contribution >= 4 is 10.9 Å². The van der Waals surface area contributed by atoms with Crippen LogP contribution in [0, 0.1) is 12.7 Å². The van der Waals surface area contributed by atoms with Crippen molar-refractivity contribution in [3.05, 3.63) is 29.7 Å². The van der Waals surface area contributed by atoms with Crippen LogP contribution >= 0.6 is 0 Å². The van der Waals surface area contributed by atoms with E-state index < -0.39 is 0 Å². The predicted octanol–water partition coefficient (Wildman–Crippen LogP) is 2.02. The number of fused-ring (bicyclic) bond motifs is 1. The molecule has 0 aliphatic carbocycles. The van der Waals surface area contributed by atoms with Crippen molar-refractivity contribution in [2.45, 2.75) is 19.4 Å². The van der Waals surface area contributed by atoms with Crippen LogP contribution in [0.2, 0.25) is 0 Å². The van der Waals surface area contributed by atoms with Gasteiger partial charge in [0.05, 0.1) is 17.3 Å². The van der Waals surface area contributed by atoms with Crippen LogP contribution < -0.4 is 5.32 Å². The Morgan fingerprint density at radius 3 is 3.12 bits per heavy atom. The summed E-state index contributed by atoms with van der Waals surface area (Å²) >= 11 is 0. The fraction of sp³-hybridized carbons (Fsp3) is 0.417. The fourth-order valence-electron chi connectivity index (χ4n) is 2.39. The van der Waals surface area contributed by atoms with Gasteiger partial charge in [0.15, 0.2) is 0 Å². The molecule has 16 heavy (non-hydrogen) atoms. The van der Waals surface area contributed by atoms with E-state index in [1.807, 2.05) is 17.7 Å². The topological polar surface area (TPSA) is 29.9 Å². The zero-order chi connectivity index (χ0) is 11.1. The number of nitrogens with zero attached hydrogens (tertiary/aromatic N) is 2. The second-order valence-corrected chi connectivity index (χ2v) is 4.34. The molecule has 4 heteroatoms. The molecule has 2 aromatic rings. The second-order valence-electron chi connectivity index (χ2n) is 4.34. The van der Waals surface area contributed by atoms with Crippen molar-refractivity contribution in [1.29, 1.82) is 0 Å². The van der Waals surface area contributed by atoms with Gasteiger partial charge in [0.25, 0.3) is 0 Å². The van der Waals surface area contributed by atoms with Crippen molar-refractivity contribution < 1.29 is 4.39 Å². The molecular formula is C12H14FN3. The third-order valence-corrected chi connectivity index (χ3v) is 3.23. The number of benzene rings is 1. The minimum atomic E-state index is -0.195. The lowest BCUT2D eigenvalue weighted by atomic mass is 10.2. The van der Waals surface area contributed by atoms with Gasteiger partial charge in [0, 0.05) is 11.9 Å². The van der Waals surface area contributed by atoms with E-state index in [2.05, 4.69) is 10.4 Å². The highest BCUT2D eigenvalue weighted by atomic mass is 19.1. The van der Waals surface area contributed by atoms with E-state index in [1.165, 1.54) is 6.07 Å². The molecule has 0 spiro atoms. The van der Waals surface area contributed by atoms with Gasteiger partial charge in [-0.2, -0.15) is 5.10 Å². The van der Waals surface area contributed by atoms with E-state index in [1.54, 1.807) is 6.07 Å². The van der Waals surface area contributed by atoms with Crippen molar-refractivity contribution in [2.75, 3.05) is 13.1 Å². The molecule has 0 amide bonds. The Labute approximate surface area is 93.3 Å². The van der Waals surface area contributed by atoms with Gasteiger partial charge in [-0.15, -0.1) is 0 Å². The predicted molar refractivity (Wildman–Crippen MR) is 61.0 cm³/mol. The first-order valence-corrected chi connectivity index (χ1v) is 5.61. The summed E-state index contributed by atoms with van der Waals surface area (Å²) in [4.78, 5) is 0. The lowest BCUT2D eigenvalue weighted by molar-refractivity contribution is 0.503. The summed E-state index contributed by atoms with van der Waals surface area (Å²) in [7, 11) is 0. The molecule has 1 unspecified atom stereocenters. The zero-order valence-electron chi connectivity index (χ0n) is 9.20. The number of aryl methyl sites for hydroxylation is 1. The van der Waals surface area contributed by atoms with E-state index in [0.717, 1.165) is 36.1 Å². The van der Waals surface area contributed by atoms with Crippen molar-refractivity contribution in [2.24, 2.45) is 0 Å². The summed E-state index contributed by atoms with van der Waals surface area (Å²) in [6.07, 6.45) is 1.09. The molecule has 84 valence electrons. The Bertz CT molecular complexity index is 526. The van der Waals surface area contributed by atoms with Crippen molar-refractivity contribution in [3.63, 3.8) is 0 Å². The van der Waals surface area contributed by atoms with Crippen LogP contribution in [0.25, 0.3) is 10.9 Å². The Morgan fingerprint density at radius 1 is 1.50 bits per heavy atom. The number of hydrogen-bond donors (Lipinski definition) is 1. The maximum Gasteiger partial charge on any atom is 0.124 e. The average Bonchev–Trinajstić information content (AvgIpc) is 2.87. The molecule has 3 rings (SSSR count). The lowest BCUT2D eigenvalue weighted by Gasteiger charge is -2.10. The van der Waals surface area contributed by atoms with Crippen LogP contribution in [0.5, 0.6) is 0 Å². The quantitative estimate of drug-likeness (QED) is 0.795. The first kappa shape index (κ1) is 9.78. The van der Waals surface area contributed by atoms with Crippen LogP contribution in [0.1, 0.15) is 18.2 Å². The Morgan fingerprint density at radius 2 is 2.38 bits per heavy atom. The van der Waals surface area contributed by atoms with Gasteiger partial charge in [-0.1, -0.05) is 0 Å². The van der Waals surface area contributed by atoms with Crippen LogP contribution in [-0.2, 0) is 0 Å². The molecule has 1 atom stereocenters. The van der Waals surface area contributed by atoms with Gasteiger partial charge in [-0.05, 0) is 38.1 Å². The van der Waals surface area contributed by atoms with Gasteiger partial charge in [0.1, 0.15) is 5.82 Å². The largest absolute Gasteiger partial charge is 0.315 e. The molecule has 1 aromatic heterocycles.